The minimum absolute atomic E-state index is 0.212. The number of nitrogens with zero attached hydrogens (tertiary/aromatic N) is 4. The number of carbonyl (C=O) groups excluding carboxylic acids is 1. The van der Waals surface area contributed by atoms with E-state index in [0.717, 1.165) is 5.69 Å². The van der Waals surface area contributed by atoms with E-state index in [1.807, 2.05) is 0 Å². The van der Waals surface area contributed by atoms with Crippen LogP contribution in [-0.2, 0) is 6.54 Å². The predicted octanol–water partition coefficient (Wildman–Crippen LogP) is 0.850. The lowest BCUT2D eigenvalue weighted by atomic mass is 10.3. The fourth-order valence-corrected chi connectivity index (χ4v) is 1.21. The molecule has 17 heavy (non-hydrogen) atoms. The van der Waals surface area contributed by atoms with Gasteiger partial charge in [0.15, 0.2) is 0 Å². The minimum atomic E-state index is -0.326. The Labute approximate surface area is 102 Å². The third-order valence-corrected chi connectivity index (χ3v) is 2.12. The molecule has 0 aliphatic carbocycles. The summed E-state index contributed by atoms with van der Waals surface area (Å²) in [5, 5.41) is 2.91. The summed E-state index contributed by atoms with van der Waals surface area (Å²) in [5.74, 6) is -0.326. The van der Waals surface area contributed by atoms with Crippen molar-refractivity contribution in [2.45, 2.75) is 6.54 Å². The maximum atomic E-state index is 11.6. The summed E-state index contributed by atoms with van der Waals surface area (Å²) in [7, 11) is 0. The molecule has 2 aromatic heterocycles. The number of rotatable bonds is 3. The summed E-state index contributed by atoms with van der Waals surface area (Å²) >= 11 is 5.57. The first kappa shape index (κ1) is 11.4. The van der Waals surface area contributed by atoms with Crippen molar-refractivity contribution in [3.63, 3.8) is 0 Å². The molecule has 0 fully saturated rings. The molecular weight excluding hydrogens is 242 g/mol. The van der Waals surface area contributed by atoms with Crippen LogP contribution in [0.5, 0.6) is 0 Å². The molecule has 0 unspecified atom stereocenters. The summed E-state index contributed by atoms with van der Waals surface area (Å²) in [6.07, 6.45) is 5.67. The first-order valence-electron chi connectivity index (χ1n) is 4.76. The van der Waals surface area contributed by atoms with E-state index in [4.69, 9.17) is 11.6 Å². The molecular formula is C10H8ClN5O. The Balaban J connectivity index is 1.96. The molecule has 0 radical (unpaired) electrons. The van der Waals surface area contributed by atoms with Crippen LogP contribution in [0, 0.1) is 0 Å². The van der Waals surface area contributed by atoms with E-state index >= 15 is 0 Å². The Morgan fingerprint density at radius 3 is 2.82 bits per heavy atom. The molecule has 0 aromatic carbocycles. The zero-order chi connectivity index (χ0) is 12.1. The quantitative estimate of drug-likeness (QED) is 0.872. The highest BCUT2D eigenvalue weighted by Gasteiger charge is 2.07. The van der Waals surface area contributed by atoms with Crippen molar-refractivity contribution in [2.24, 2.45) is 0 Å². The van der Waals surface area contributed by atoms with Gasteiger partial charge >= 0.3 is 0 Å². The second kappa shape index (κ2) is 5.31. The normalized spacial score (nSPS) is 9.94. The van der Waals surface area contributed by atoms with E-state index < -0.39 is 0 Å². The zero-order valence-electron chi connectivity index (χ0n) is 8.67. The van der Waals surface area contributed by atoms with Crippen molar-refractivity contribution >= 4 is 17.5 Å². The largest absolute Gasteiger partial charge is 0.345 e. The fourth-order valence-electron chi connectivity index (χ4n) is 1.11. The van der Waals surface area contributed by atoms with Crippen LogP contribution in [0.25, 0.3) is 0 Å². The fraction of sp³-hybridized carbons (Fsp3) is 0.100. The van der Waals surface area contributed by atoms with E-state index in [9.17, 15) is 4.79 Å². The average molecular weight is 250 g/mol. The number of hydrogen-bond acceptors (Lipinski definition) is 5. The van der Waals surface area contributed by atoms with Crippen LogP contribution >= 0.6 is 11.6 Å². The van der Waals surface area contributed by atoms with Crippen LogP contribution in [0.4, 0.5) is 0 Å². The number of nitrogens with one attached hydrogen (secondary N) is 1. The third-order valence-electron chi connectivity index (χ3n) is 1.93. The minimum Gasteiger partial charge on any atom is -0.345 e. The maximum absolute atomic E-state index is 11.6. The van der Waals surface area contributed by atoms with Gasteiger partial charge in [0, 0.05) is 6.20 Å². The third kappa shape index (κ3) is 3.18. The molecule has 2 heterocycles. The van der Waals surface area contributed by atoms with Gasteiger partial charge in [0.1, 0.15) is 17.2 Å². The number of hydrogen-bond donors (Lipinski definition) is 1. The van der Waals surface area contributed by atoms with Crippen LogP contribution in [-0.4, -0.2) is 25.8 Å². The first-order valence-corrected chi connectivity index (χ1v) is 5.14. The van der Waals surface area contributed by atoms with Crippen molar-refractivity contribution in [1.82, 2.24) is 25.3 Å². The van der Waals surface area contributed by atoms with E-state index in [1.54, 1.807) is 12.3 Å². The molecule has 6 nitrogen and oxygen atoms in total. The monoisotopic (exact) mass is 249 g/mol. The van der Waals surface area contributed by atoms with E-state index in [2.05, 4.69) is 25.3 Å². The van der Waals surface area contributed by atoms with Crippen molar-refractivity contribution in [2.75, 3.05) is 0 Å². The molecule has 2 aromatic rings. The molecule has 1 N–H and O–H groups in total. The highest BCUT2D eigenvalue weighted by Crippen LogP contribution is 2.01. The van der Waals surface area contributed by atoms with Gasteiger partial charge in [-0.05, 0) is 6.07 Å². The van der Waals surface area contributed by atoms with Gasteiger partial charge in [0.05, 0.1) is 24.6 Å². The van der Waals surface area contributed by atoms with Gasteiger partial charge in [-0.15, -0.1) is 0 Å². The Bertz CT molecular complexity index is 502. The van der Waals surface area contributed by atoms with Gasteiger partial charge in [0.25, 0.3) is 5.91 Å². The van der Waals surface area contributed by atoms with Crippen molar-refractivity contribution in [1.29, 1.82) is 0 Å². The number of aromatic nitrogens is 4. The Morgan fingerprint density at radius 2 is 2.18 bits per heavy atom. The van der Waals surface area contributed by atoms with Crippen LogP contribution in [0.1, 0.15) is 16.2 Å². The molecule has 0 saturated heterocycles. The van der Waals surface area contributed by atoms with Gasteiger partial charge < -0.3 is 5.32 Å². The van der Waals surface area contributed by atoms with E-state index in [1.165, 1.54) is 18.7 Å². The zero-order valence-corrected chi connectivity index (χ0v) is 9.42. The molecule has 0 aliphatic heterocycles. The Kier molecular flexibility index (Phi) is 3.56. The summed E-state index contributed by atoms with van der Waals surface area (Å²) in [6, 6.07) is 1.72. The SMILES string of the molecule is O=C(NCc1ccncn1)c1cnc(Cl)cn1. The van der Waals surface area contributed by atoms with Crippen molar-refractivity contribution in [3.8, 4) is 0 Å². The van der Waals surface area contributed by atoms with Crippen LogP contribution in [0.2, 0.25) is 5.15 Å². The molecule has 0 aliphatic rings. The lowest BCUT2D eigenvalue weighted by molar-refractivity contribution is 0.0945. The molecule has 0 spiro atoms. The summed E-state index contributed by atoms with van der Waals surface area (Å²) in [6.45, 7) is 0.311. The van der Waals surface area contributed by atoms with Gasteiger partial charge in [-0.2, -0.15) is 0 Å². The van der Waals surface area contributed by atoms with E-state index in [-0.39, 0.29) is 16.8 Å². The lowest BCUT2D eigenvalue weighted by Gasteiger charge is -2.03. The van der Waals surface area contributed by atoms with Crippen LogP contribution < -0.4 is 5.32 Å². The standard InChI is InChI=1S/C10H8ClN5O/c11-9-5-13-8(4-14-9)10(17)15-3-7-1-2-12-6-16-7/h1-2,4-6H,3H2,(H,15,17). The average Bonchev–Trinajstić information content (AvgIpc) is 2.38. The van der Waals surface area contributed by atoms with Crippen LogP contribution in [0.3, 0.4) is 0 Å². The second-order valence-corrected chi connectivity index (χ2v) is 3.50. The predicted molar refractivity (Wildman–Crippen MR) is 60.2 cm³/mol. The number of amides is 1. The smallest absolute Gasteiger partial charge is 0.271 e. The summed E-state index contributed by atoms with van der Waals surface area (Å²) < 4.78 is 0. The van der Waals surface area contributed by atoms with Crippen molar-refractivity contribution < 1.29 is 4.79 Å². The lowest BCUT2D eigenvalue weighted by Crippen LogP contribution is -2.24. The molecule has 0 bridgehead atoms. The summed E-state index contributed by atoms with van der Waals surface area (Å²) in [4.78, 5) is 27.0. The molecule has 0 atom stereocenters. The molecule has 1 amide bonds. The molecule has 86 valence electrons. The Morgan fingerprint density at radius 1 is 1.29 bits per heavy atom. The first-order chi connectivity index (χ1) is 8.25. The van der Waals surface area contributed by atoms with Gasteiger partial charge in [-0.3, -0.25) is 4.79 Å². The molecule has 7 heteroatoms. The van der Waals surface area contributed by atoms with Crippen LogP contribution in [0.15, 0.2) is 31.0 Å². The van der Waals surface area contributed by atoms with Gasteiger partial charge in [-0.25, -0.2) is 19.9 Å². The molecule has 2 rings (SSSR count). The number of carbonyl (C=O) groups is 1. The maximum Gasteiger partial charge on any atom is 0.271 e. The van der Waals surface area contributed by atoms with E-state index in [0.29, 0.717) is 6.54 Å². The number of halogens is 1. The highest BCUT2D eigenvalue weighted by molar-refractivity contribution is 6.29. The topological polar surface area (TPSA) is 80.7 Å². The summed E-state index contributed by atoms with van der Waals surface area (Å²) in [5.41, 5.74) is 0.929. The molecule has 0 saturated carbocycles. The second-order valence-electron chi connectivity index (χ2n) is 3.11. The Hall–Kier alpha value is -2.08. The highest BCUT2D eigenvalue weighted by atomic mass is 35.5. The van der Waals surface area contributed by atoms with Crippen molar-refractivity contribution in [3.05, 3.63) is 47.5 Å². The van der Waals surface area contributed by atoms with Gasteiger partial charge in [0.2, 0.25) is 0 Å². The van der Waals surface area contributed by atoms with Gasteiger partial charge in [-0.1, -0.05) is 11.6 Å².